The minimum Gasteiger partial charge on any atom is -0.493 e. The number of hydrogen-bond acceptors (Lipinski definition) is 4. The van der Waals surface area contributed by atoms with Crippen LogP contribution in [-0.4, -0.2) is 29.2 Å². The van der Waals surface area contributed by atoms with Gasteiger partial charge >= 0.3 is 5.97 Å². The quantitative estimate of drug-likeness (QED) is 0.373. The lowest BCUT2D eigenvalue weighted by molar-refractivity contribution is -0.141. The molecule has 0 saturated heterocycles. The highest BCUT2D eigenvalue weighted by atomic mass is 16.5. The fourth-order valence-corrected chi connectivity index (χ4v) is 4.83. The summed E-state index contributed by atoms with van der Waals surface area (Å²) < 4.78 is 12.9. The summed E-state index contributed by atoms with van der Waals surface area (Å²) in [6.07, 6.45) is 4.14. The summed E-state index contributed by atoms with van der Waals surface area (Å²) in [5.41, 5.74) is 9.51. The van der Waals surface area contributed by atoms with Crippen molar-refractivity contribution in [1.29, 1.82) is 0 Å². The molecule has 4 aromatic rings. The van der Waals surface area contributed by atoms with Crippen LogP contribution in [0, 0.1) is 13.8 Å². The second-order valence-corrected chi connectivity index (χ2v) is 8.78. The van der Waals surface area contributed by atoms with Crippen LogP contribution in [0.4, 0.5) is 0 Å². The monoisotopic (exact) mass is 440 g/mol. The topological polar surface area (TPSA) is 53.4 Å². The van der Waals surface area contributed by atoms with Crippen molar-refractivity contribution in [3.8, 4) is 11.4 Å². The number of aryl methyl sites for hydroxylation is 3. The van der Waals surface area contributed by atoms with Gasteiger partial charge in [-0.2, -0.15) is 0 Å². The van der Waals surface area contributed by atoms with E-state index in [1.54, 1.807) is 0 Å². The van der Waals surface area contributed by atoms with Gasteiger partial charge in [-0.3, -0.25) is 9.36 Å². The molecule has 2 heterocycles. The first-order valence-corrected chi connectivity index (χ1v) is 11.4. The number of methoxy groups -OCH3 is 1. The van der Waals surface area contributed by atoms with Gasteiger partial charge in [0.15, 0.2) is 0 Å². The number of fused-ring (bicyclic) bond motifs is 2. The van der Waals surface area contributed by atoms with Gasteiger partial charge < -0.3 is 9.47 Å². The maximum absolute atomic E-state index is 11.7. The van der Waals surface area contributed by atoms with Gasteiger partial charge in [-0.25, -0.2) is 4.98 Å². The highest BCUT2D eigenvalue weighted by Gasteiger charge is 2.26. The SMILES string of the molecule is COC(=O)C[C@@H]1COc2cc(CCc3cccc(-n4cnc5cccc(C)c54)c3C)ccc21. The summed E-state index contributed by atoms with van der Waals surface area (Å²) in [6.45, 7) is 4.86. The first kappa shape index (κ1) is 21.3. The molecule has 0 spiro atoms. The van der Waals surface area contributed by atoms with Crippen molar-refractivity contribution < 1.29 is 14.3 Å². The lowest BCUT2D eigenvalue weighted by Crippen LogP contribution is -2.09. The molecule has 0 radical (unpaired) electrons. The molecule has 0 amide bonds. The number of nitrogens with zero attached hydrogens (tertiary/aromatic N) is 2. The number of esters is 1. The van der Waals surface area contributed by atoms with Crippen molar-refractivity contribution in [3.05, 3.63) is 88.7 Å². The predicted molar refractivity (Wildman–Crippen MR) is 129 cm³/mol. The molecule has 168 valence electrons. The van der Waals surface area contributed by atoms with Crippen molar-refractivity contribution in [2.75, 3.05) is 13.7 Å². The molecule has 5 heteroatoms. The molecule has 1 aliphatic rings. The molecule has 1 aliphatic heterocycles. The maximum Gasteiger partial charge on any atom is 0.306 e. The van der Waals surface area contributed by atoms with E-state index in [2.05, 4.69) is 78.0 Å². The number of para-hydroxylation sites is 1. The van der Waals surface area contributed by atoms with Crippen LogP contribution in [0.2, 0.25) is 0 Å². The summed E-state index contributed by atoms with van der Waals surface area (Å²) >= 11 is 0. The minimum absolute atomic E-state index is 0.0777. The zero-order valence-corrected chi connectivity index (χ0v) is 19.3. The van der Waals surface area contributed by atoms with Crippen molar-refractivity contribution in [3.63, 3.8) is 0 Å². The van der Waals surface area contributed by atoms with Crippen LogP contribution in [0.25, 0.3) is 16.7 Å². The predicted octanol–water partition coefficient (Wildman–Crippen LogP) is 5.47. The Kier molecular flexibility index (Phi) is 5.63. The van der Waals surface area contributed by atoms with Gasteiger partial charge in [0.1, 0.15) is 12.1 Å². The fraction of sp³-hybridized carbons (Fsp3) is 0.286. The molecule has 0 N–H and O–H groups in total. The van der Waals surface area contributed by atoms with Crippen LogP contribution in [0.3, 0.4) is 0 Å². The Morgan fingerprint density at radius 2 is 1.97 bits per heavy atom. The summed E-state index contributed by atoms with van der Waals surface area (Å²) in [4.78, 5) is 16.3. The van der Waals surface area contributed by atoms with Crippen molar-refractivity contribution in [2.24, 2.45) is 0 Å². The second-order valence-electron chi connectivity index (χ2n) is 8.78. The lowest BCUT2D eigenvalue weighted by atomic mass is 9.94. The van der Waals surface area contributed by atoms with E-state index in [0.717, 1.165) is 35.2 Å². The molecule has 0 aliphatic carbocycles. The van der Waals surface area contributed by atoms with Crippen molar-refractivity contribution >= 4 is 17.0 Å². The second kappa shape index (κ2) is 8.74. The molecule has 5 rings (SSSR count). The molecular formula is C28H28N2O3. The van der Waals surface area contributed by atoms with Gasteiger partial charge in [-0.05, 0) is 67.1 Å². The number of rotatable bonds is 6. The van der Waals surface area contributed by atoms with Crippen LogP contribution < -0.4 is 4.74 Å². The maximum atomic E-state index is 11.7. The van der Waals surface area contributed by atoms with Crippen LogP contribution in [0.15, 0.2) is 60.9 Å². The van der Waals surface area contributed by atoms with Crippen molar-refractivity contribution in [2.45, 2.75) is 39.0 Å². The van der Waals surface area contributed by atoms with E-state index in [1.807, 2.05) is 6.33 Å². The van der Waals surface area contributed by atoms with Crippen LogP contribution in [-0.2, 0) is 22.4 Å². The largest absolute Gasteiger partial charge is 0.493 e. The lowest BCUT2D eigenvalue weighted by Gasteiger charge is -2.14. The molecule has 5 nitrogen and oxygen atoms in total. The molecule has 0 saturated carbocycles. The van der Waals surface area contributed by atoms with Gasteiger partial charge in [0.2, 0.25) is 0 Å². The molecule has 0 fully saturated rings. The number of carbonyl (C=O) groups excluding carboxylic acids is 1. The average molecular weight is 441 g/mol. The summed E-state index contributed by atoms with van der Waals surface area (Å²) in [7, 11) is 1.43. The molecule has 33 heavy (non-hydrogen) atoms. The van der Waals surface area contributed by atoms with E-state index in [9.17, 15) is 4.79 Å². The van der Waals surface area contributed by atoms with E-state index in [0.29, 0.717) is 13.0 Å². The van der Waals surface area contributed by atoms with Crippen LogP contribution in [0.5, 0.6) is 5.75 Å². The first-order chi connectivity index (χ1) is 16.0. The van der Waals surface area contributed by atoms with Gasteiger partial charge in [-0.1, -0.05) is 36.4 Å². The van der Waals surface area contributed by atoms with Gasteiger partial charge in [0, 0.05) is 11.5 Å². The number of benzene rings is 3. The molecule has 0 unspecified atom stereocenters. The molecule has 1 atom stereocenters. The molecular weight excluding hydrogens is 412 g/mol. The molecule has 1 aromatic heterocycles. The highest BCUT2D eigenvalue weighted by Crippen LogP contribution is 2.37. The third-order valence-corrected chi connectivity index (χ3v) is 6.73. The van der Waals surface area contributed by atoms with Gasteiger partial charge in [-0.15, -0.1) is 0 Å². The third kappa shape index (κ3) is 3.99. The van der Waals surface area contributed by atoms with Crippen LogP contribution in [0.1, 0.15) is 40.2 Å². The standard InChI is InChI=1S/C28H28N2O3/c1-18-6-4-8-24-28(18)30(17-29-24)25-9-5-7-21(19(25)2)12-10-20-11-13-23-22(15-27(31)32-3)16-33-26(23)14-20/h4-9,11,13-14,17,22H,10,12,15-16H2,1-3H3/t22-/m1/s1. The molecule has 0 bridgehead atoms. The summed E-state index contributed by atoms with van der Waals surface area (Å²) in [5, 5.41) is 0. The normalized spacial score (nSPS) is 14.8. The number of carbonyl (C=O) groups is 1. The Hall–Kier alpha value is -3.60. The Bertz CT molecular complexity index is 1340. The van der Waals surface area contributed by atoms with E-state index < -0.39 is 0 Å². The first-order valence-electron chi connectivity index (χ1n) is 11.4. The van der Waals surface area contributed by atoms with Gasteiger partial charge in [0.05, 0.1) is 36.9 Å². The summed E-state index contributed by atoms with van der Waals surface area (Å²) in [6, 6.07) is 19.1. The van der Waals surface area contributed by atoms with E-state index >= 15 is 0 Å². The smallest absolute Gasteiger partial charge is 0.306 e. The molecule has 3 aromatic carbocycles. The number of hydrogen-bond donors (Lipinski definition) is 0. The number of ether oxygens (including phenoxy) is 2. The third-order valence-electron chi connectivity index (χ3n) is 6.73. The Morgan fingerprint density at radius 1 is 1.12 bits per heavy atom. The number of aromatic nitrogens is 2. The Morgan fingerprint density at radius 3 is 2.82 bits per heavy atom. The fourth-order valence-electron chi connectivity index (χ4n) is 4.83. The highest BCUT2D eigenvalue weighted by molar-refractivity contribution is 5.81. The Labute approximate surface area is 194 Å². The summed E-state index contributed by atoms with van der Waals surface area (Å²) in [5.74, 6) is 0.776. The Balaban J connectivity index is 1.36. The van der Waals surface area contributed by atoms with E-state index in [4.69, 9.17) is 9.47 Å². The van der Waals surface area contributed by atoms with Crippen molar-refractivity contribution in [1.82, 2.24) is 9.55 Å². The minimum atomic E-state index is -0.197. The van der Waals surface area contributed by atoms with E-state index in [-0.39, 0.29) is 11.9 Å². The van der Waals surface area contributed by atoms with Gasteiger partial charge in [0.25, 0.3) is 0 Å². The number of imidazole rings is 1. The average Bonchev–Trinajstić information content (AvgIpc) is 3.43. The van der Waals surface area contributed by atoms with Crippen LogP contribution >= 0.6 is 0 Å². The zero-order valence-electron chi connectivity index (χ0n) is 19.3. The zero-order chi connectivity index (χ0) is 22.9. The van der Waals surface area contributed by atoms with E-state index in [1.165, 1.54) is 35.1 Å².